The fourth-order valence-electron chi connectivity index (χ4n) is 4.23. The number of nitrogens with zero attached hydrogens (tertiary/aromatic N) is 1. The van der Waals surface area contributed by atoms with E-state index >= 15 is 0 Å². The molecule has 1 heterocycles. The van der Waals surface area contributed by atoms with E-state index in [0.717, 1.165) is 33.2 Å². The molecule has 0 saturated carbocycles. The Morgan fingerprint density at radius 3 is 2.36 bits per heavy atom. The van der Waals surface area contributed by atoms with E-state index in [4.69, 9.17) is 4.74 Å². The Morgan fingerprint density at radius 2 is 1.56 bits per heavy atom. The van der Waals surface area contributed by atoms with Crippen molar-refractivity contribution in [1.82, 2.24) is 5.32 Å². The summed E-state index contributed by atoms with van der Waals surface area (Å²) in [6.45, 7) is 2.34. The Hall–Kier alpha value is -4.71. The molecule has 6 nitrogen and oxygen atoms in total. The van der Waals surface area contributed by atoms with Crippen LogP contribution in [0.25, 0.3) is 16.8 Å². The molecule has 0 bridgehead atoms. The number of hydrogen-bond acceptors (Lipinski definition) is 4. The molecule has 0 aromatic heterocycles. The lowest BCUT2D eigenvalue weighted by Crippen LogP contribution is -2.54. The molecule has 0 atom stereocenters. The number of urea groups is 1. The first-order valence-electron chi connectivity index (χ1n) is 11.7. The third-order valence-corrected chi connectivity index (χ3v) is 6.19. The number of ether oxygens (including phenoxy) is 1. The second-order valence-corrected chi connectivity index (χ2v) is 8.44. The minimum Gasteiger partial charge on any atom is -0.488 e. The monoisotopic (exact) mass is 476 g/mol. The summed E-state index contributed by atoms with van der Waals surface area (Å²) in [6, 6.07) is 27.6. The van der Waals surface area contributed by atoms with Gasteiger partial charge in [-0.3, -0.25) is 14.9 Å². The summed E-state index contributed by atoms with van der Waals surface area (Å²) in [4.78, 5) is 39.4. The zero-order chi connectivity index (χ0) is 25.1. The van der Waals surface area contributed by atoms with Crippen molar-refractivity contribution in [3.63, 3.8) is 0 Å². The maximum absolute atomic E-state index is 13.3. The molecule has 4 aromatic rings. The third-order valence-electron chi connectivity index (χ3n) is 6.19. The SMILES string of the molecule is CCc1ccc(N2C(=O)NC(=O)/C(=C/c3ccccc3OCc3cccc4ccccc34)C2=O)cc1. The molecule has 6 heteroatoms. The number of barbiturate groups is 1. The molecule has 178 valence electrons. The van der Waals surface area contributed by atoms with E-state index in [9.17, 15) is 14.4 Å². The van der Waals surface area contributed by atoms with Gasteiger partial charge in [0, 0.05) is 5.56 Å². The number of rotatable bonds is 6. The van der Waals surface area contributed by atoms with E-state index in [-0.39, 0.29) is 5.57 Å². The number of fused-ring (bicyclic) bond motifs is 1. The van der Waals surface area contributed by atoms with E-state index in [2.05, 4.69) is 5.32 Å². The van der Waals surface area contributed by atoms with E-state index < -0.39 is 17.8 Å². The molecule has 1 aliphatic rings. The van der Waals surface area contributed by atoms with Crippen LogP contribution in [0.1, 0.15) is 23.6 Å². The van der Waals surface area contributed by atoms with Gasteiger partial charge in [0.2, 0.25) is 0 Å². The van der Waals surface area contributed by atoms with Gasteiger partial charge in [0.05, 0.1) is 5.69 Å². The molecule has 5 rings (SSSR count). The topological polar surface area (TPSA) is 75.7 Å². The van der Waals surface area contributed by atoms with E-state index in [1.165, 1.54) is 6.08 Å². The summed E-state index contributed by atoms with van der Waals surface area (Å²) in [5, 5.41) is 4.49. The van der Waals surface area contributed by atoms with Gasteiger partial charge < -0.3 is 4.74 Å². The van der Waals surface area contributed by atoms with Gasteiger partial charge in [-0.25, -0.2) is 9.69 Å². The number of imide groups is 2. The Kier molecular flexibility index (Phi) is 6.33. The summed E-state index contributed by atoms with van der Waals surface area (Å²) in [5.74, 6) is -0.901. The summed E-state index contributed by atoms with van der Waals surface area (Å²) in [6.07, 6.45) is 2.30. The molecule has 0 unspecified atom stereocenters. The van der Waals surface area contributed by atoms with E-state index in [0.29, 0.717) is 23.6 Å². The molecule has 0 spiro atoms. The van der Waals surface area contributed by atoms with Crippen molar-refractivity contribution in [3.8, 4) is 5.75 Å². The predicted octanol–water partition coefficient (Wildman–Crippen LogP) is 5.65. The third kappa shape index (κ3) is 4.49. The highest BCUT2D eigenvalue weighted by Crippen LogP contribution is 2.27. The molecule has 1 N–H and O–H groups in total. The van der Waals surface area contributed by atoms with Gasteiger partial charge in [0.25, 0.3) is 11.8 Å². The Bertz CT molecular complexity index is 1500. The van der Waals surface area contributed by atoms with Crippen LogP contribution in [0, 0.1) is 0 Å². The van der Waals surface area contributed by atoms with Crippen LogP contribution in [0.15, 0.2) is 96.6 Å². The summed E-state index contributed by atoms with van der Waals surface area (Å²) >= 11 is 0. The minimum absolute atomic E-state index is 0.143. The van der Waals surface area contributed by atoms with Crippen LogP contribution in [-0.4, -0.2) is 17.8 Å². The highest BCUT2D eigenvalue weighted by molar-refractivity contribution is 6.39. The zero-order valence-corrected chi connectivity index (χ0v) is 19.7. The standard InChI is InChI=1S/C30H24N2O4/c1-2-20-14-16-24(17-15-20)32-29(34)26(28(33)31-30(32)35)18-22-9-4-6-13-27(22)36-19-23-11-7-10-21-8-3-5-12-25(21)23/h3-18H,2,19H2,1H3,(H,31,33,35)/b26-18-. The number of aryl methyl sites for hydroxylation is 1. The first kappa shape index (κ1) is 23.1. The van der Waals surface area contributed by atoms with Crippen LogP contribution < -0.4 is 15.0 Å². The maximum Gasteiger partial charge on any atom is 0.335 e. The maximum atomic E-state index is 13.3. The number of carbonyl (C=O) groups is 3. The quantitative estimate of drug-likeness (QED) is 0.288. The molecule has 1 saturated heterocycles. The fourth-order valence-corrected chi connectivity index (χ4v) is 4.23. The van der Waals surface area contributed by atoms with E-state index in [1.54, 1.807) is 30.3 Å². The van der Waals surface area contributed by atoms with Crippen LogP contribution in [-0.2, 0) is 22.6 Å². The first-order chi connectivity index (χ1) is 17.5. The second kappa shape index (κ2) is 9.88. The lowest BCUT2D eigenvalue weighted by atomic mass is 10.0. The van der Waals surface area contributed by atoms with Gasteiger partial charge in [-0.15, -0.1) is 0 Å². The molecule has 0 aliphatic carbocycles. The molecule has 4 amide bonds. The van der Waals surface area contributed by atoms with Crippen molar-refractivity contribution < 1.29 is 19.1 Å². The van der Waals surface area contributed by atoms with Gasteiger partial charge in [-0.1, -0.05) is 79.7 Å². The number of nitrogens with one attached hydrogen (secondary N) is 1. The van der Waals surface area contributed by atoms with Crippen molar-refractivity contribution in [2.45, 2.75) is 20.0 Å². The van der Waals surface area contributed by atoms with Crippen molar-refractivity contribution in [1.29, 1.82) is 0 Å². The van der Waals surface area contributed by atoms with Crippen LogP contribution in [0.2, 0.25) is 0 Å². The Labute approximate surface area is 208 Å². The average molecular weight is 477 g/mol. The van der Waals surface area contributed by atoms with Gasteiger partial charge >= 0.3 is 6.03 Å². The summed E-state index contributed by atoms with van der Waals surface area (Å²) in [7, 11) is 0. The van der Waals surface area contributed by atoms with Gasteiger partial charge in [-0.05, 0) is 52.6 Å². The minimum atomic E-state index is -0.771. The summed E-state index contributed by atoms with van der Waals surface area (Å²) < 4.78 is 6.13. The highest BCUT2D eigenvalue weighted by Gasteiger charge is 2.36. The first-order valence-corrected chi connectivity index (χ1v) is 11.7. The van der Waals surface area contributed by atoms with Gasteiger partial charge in [0.15, 0.2) is 0 Å². The second-order valence-electron chi connectivity index (χ2n) is 8.44. The molecule has 36 heavy (non-hydrogen) atoms. The molecular weight excluding hydrogens is 452 g/mol. The van der Waals surface area contributed by atoms with Crippen molar-refractivity contribution >= 4 is 40.4 Å². The van der Waals surface area contributed by atoms with Gasteiger partial charge in [0.1, 0.15) is 17.9 Å². The number of para-hydroxylation sites is 1. The smallest absolute Gasteiger partial charge is 0.335 e. The number of benzene rings is 4. The number of anilines is 1. The van der Waals surface area contributed by atoms with Crippen LogP contribution in [0.3, 0.4) is 0 Å². The Morgan fingerprint density at radius 1 is 0.833 bits per heavy atom. The normalized spacial score (nSPS) is 14.9. The van der Waals surface area contributed by atoms with Crippen LogP contribution in [0.5, 0.6) is 5.75 Å². The van der Waals surface area contributed by atoms with E-state index in [1.807, 2.05) is 67.6 Å². The van der Waals surface area contributed by atoms with Crippen molar-refractivity contribution in [2.24, 2.45) is 0 Å². The molecule has 1 aliphatic heterocycles. The molecule has 0 radical (unpaired) electrons. The van der Waals surface area contributed by atoms with Crippen LogP contribution >= 0.6 is 0 Å². The van der Waals surface area contributed by atoms with Crippen molar-refractivity contribution in [2.75, 3.05) is 4.90 Å². The summed E-state index contributed by atoms with van der Waals surface area (Å²) in [5.41, 5.74) is 2.91. The largest absolute Gasteiger partial charge is 0.488 e. The Balaban J connectivity index is 1.44. The average Bonchev–Trinajstić information content (AvgIpc) is 2.90. The lowest BCUT2D eigenvalue weighted by Gasteiger charge is -2.26. The van der Waals surface area contributed by atoms with Crippen molar-refractivity contribution in [3.05, 3.63) is 113 Å². The lowest BCUT2D eigenvalue weighted by molar-refractivity contribution is -0.122. The predicted molar refractivity (Wildman–Crippen MR) is 140 cm³/mol. The molecule has 4 aromatic carbocycles. The van der Waals surface area contributed by atoms with Crippen LogP contribution in [0.4, 0.5) is 10.5 Å². The van der Waals surface area contributed by atoms with Gasteiger partial charge in [-0.2, -0.15) is 0 Å². The number of amides is 4. The number of hydrogen-bond donors (Lipinski definition) is 1. The fraction of sp³-hybridized carbons (Fsp3) is 0.100. The highest BCUT2D eigenvalue weighted by atomic mass is 16.5. The zero-order valence-electron chi connectivity index (χ0n) is 19.7. The number of carbonyl (C=O) groups excluding carboxylic acids is 3. The molecular formula is C30H24N2O4. The molecule has 1 fully saturated rings.